The Hall–Kier alpha value is -0.530. The predicted octanol–water partition coefficient (Wildman–Crippen LogP) is 10.2. The summed E-state index contributed by atoms with van der Waals surface area (Å²) in [6.07, 6.45) is 27.1. The Kier molecular flexibility index (Phi) is 22.3. The van der Waals surface area contributed by atoms with Gasteiger partial charge in [0.25, 0.3) is 0 Å². The molecule has 0 heterocycles. The zero-order chi connectivity index (χ0) is 23.0. The molecule has 0 aromatic rings. The molecule has 0 atom stereocenters. The van der Waals surface area contributed by atoms with Crippen LogP contribution in [-0.2, 0) is 9.53 Å². The summed E-state index contributed by atoms with van der Waals surface area (Å²) in [4.78, 5) is 13.3. The fourth-order valence-corrected chi connectivity index (χ4v) is 4.85. The van der Waals surface area contributed by atoms with Gasteiger partial charge in [0.2, 0.25) is 0 Å². The molecule has 0 aromatic carbocycles. The molecule has 0 spiro atoms. The molecule has 0 aromatic heterocycles. The van der Waals surface area contributed by atoms with E-state index in [1.807, 2.05) is 0 Å². The van der Waals surface area contributed by atoms with Gasteiger partial charge in [0.1, 0.15) is 0 Å². The lowest BCUT2D eigenvalue weighted by atomic mass is 9.74. The lowest BCUT2D eigenvalue weighted by Gasteiger charge is -2.32. The van der Waals surface area contributed by atoms with Gasteiger partial charge in [-0.05, 0) is 25.7 Å². The Morgan fingerprint density at radius 1 is 0.484 bits per heavy atom. The Morgan fingerprint density at radius 3 is 1.29 bits per heavy atom. The van der Waals surface area contributed by atoms with Crippen molar-refractivity contribution in [3.8, 4) is 0 Å². The van der Waals surface area contributed by atoms with Crippen LogP contribution in [0.2, 0.25) is 0 Å². The Bertz CT molecular complexity index is 361. The third-order valence-electron chi connectivity index (χ3n) is 6.91. The van der Waals surface area contributed by atoms with Crippen LogP contribution in [0.15, 0.2) is 0 Å². The van der Waals surface area contributed by atoms with Crippen molar-refractivity contribution < 1.29 is 9.53 Å². The third kappa shape index (κ3) is 16.7. The lowest BCUT2D eigenvalue weighted by molar-refractivity contribution is -0.158. The van der Waals surface area contributed by atoms with Gasteiger partial charge in [0.15, 0.2) is 0 Å². The number of rotatable bonds is 24. The summed E-state index contributed by atoms with van der Waals surface area (Å²) in [5.41, 5.74) is -0.216. The quantitative estimate of drug-likeness (QED) is 0.111. The summed E-state index contributed by atoms with van der Waals surface area (Å²) in [5.74, 6) is 0.130. The first-order valence-corrected chi connectivity index (χ1v) is 14.3. The average Bonchev–Trinajstić information content (AvgIpc) is 2.77. The average molecular weight is 439 g/mol. The highest BCUT2D eigenvalue weighted by atomic mass is 16.5. The standard InChI is InChI=1S/C29H58O2/c1-5-9-12-15-18-21-25-29(24-8-4,26-22-19-16-13-10-6-2)28(30)31-27-23-20-17-14-11-7-3/h5-27H2,1-4H3. The van der Waals surface area contributed by atoms with Crippen molar-refractivity contribution in [1.29, 1.82) is 0 Å². The summed E-state index contributed by atoms with van der Waals surface area (Å²) >= 11 is 0. The van der Waals surface area contributed by atoms with E-state index in [2.05, 4.69) is 27.7 Å². The molecule has 2 heteroatoms. The number of hydrogen-bond acceptors (Lipinski definition) is 2. The van der Waals surface area contributed by atoms with Gasteiger partial charge < -0.3 is 4.74 Å². The molecule has 2 nitrogen and oxygen atoms in total. The fraction of sp³-hybridized carbons (Fsp3) is 0.966. The molecule has 0 aliphatic heterocycles. The van der Waals surface area contributed by atoms with Crippen molar-refractivity contribution >= 4 is 5.97 Å². The maximum absolute atomic E-state index is 13.3. The van der Waals surface area contributed by atoms with Gasteiger partial charge in [-0.25, -0.2) is 0 Å². The molecule has 0 saturated heterocycles. The molecule has 0 N–H and O–H groups in total. The SMILES string of the molecule is CCCCCCCCOC(=O)C(CCC)(CCCCCCCC)CCCCCCCC. The molecule has 0 aliphatic rings. The minimum Gasteiger partial charge on any atom is -0.465 e. The van der Waals surface area contributed by atoms with Crippen molar-refractivity contribution in [3.05, 3.63) is 0 Å². The van der Waals surface area contributed by atoms with Crippen LogP contribution >= 0.6 is 0 Å². The van der Waals surface area contributed by atoms with Crippen LogP contribution in [-0.4, -0.2) is 12.6 Å². The first-order chi connectivity index (χ1) is 15.2. The minimum atomic E-state index is -0.216. The molecule has 31 heavy (non-hydrogen) atoms. The molecular formula is C29H58O2. The number of esters is 1. The molecule has 0 amide bonds. The summed E-state index contributed by atoms with van der Waals surface area (Å²) in [6, 6.07) is 0. The number of unbranched alkanes of at least 4 members (excludes halogenated alkanes) is 15. The van der Waals surface area contributed by atoms with Gasteiger partial charge in [-0.15, -0.1) is 0 Å². The van der Waals surface area contributed by atoms with Crippen molar-refractivity contribution in [2.75, 3.05) is 6.61 Å². The number of hydrogen-bond donors (Lipinski definition) is 0. The molecule has 186 valence electrons. The van der Waals surface area contributed by atoms with E-state index in [-0.39, 0.29) is 11.4 Å². The first-order valence-electron chi connectivity index (χ1n) is 14.3. The number of carbonyl (C=O) groups is 1. The minimum absolute atomic E-state index is 0.130. The second-order valence-electron chi connectivity index (χ2n) is 9.97. The van der Waals surface area contributed by atoms with E-state index >= 15 is 0 Å². The first kappa shape index (κ1) is 30.5. The van der Waals surface area contributed by atoms with Gasteiger partial charge in [-0.1, -0.05) is 143 Å². The van der Waals surface area contributed by atoms with Crippen molar-refractivity contribution in [1.82, 2.24) is 0 Å². The predicted molar refractivity (Wildman–Crippen MR) is 138 cm³/mol. The molecule has 0 rings (SSSR count). The van der Waals surface area contributed by atoms with E-state index in [0.29, 0.717) is 6.61 Å². The maximum atomic E-state index is 13.3. The second-order valence-corrected chi connectivity index (χ2v) is 9.97. The van der Waals surface area contributed by atoms with Crippen LogP contribution in [0.25, 0.3) is 0 Å². The Balaban J connectivity index is 4.62. The largest absolute Gasteiger partial charge is 0.465 e. The normalized spacial score (nSPS) is 11.7. The van der Waals surface area contributed by atoms with Crippen LogP contribution in [0, 0.1) is 5.41 Å². The van der Waals surface area contributed by atoms with Crippen LogP contribution in [0.5, 0.6) is 0 Å². The summed E-state index contributed by atoms with van der Waals surface area (Å²) < 4.78 is 5.92. The van der Waals surface area contributed by atoms with Crippen molar-refractivity contribution in [2.45, 2.75) is 169 Å². The number of ether oxygens (including phenoxy) is 1. The number of carbonyl (C=O) groups excluding carboxylic acids is 1. The zero-order valence-corrected chi connectivity index (χ0v) is 22.1. The molecule has 0 unspecified atom stereocenters. The van der Waals surface area contributed by atoms with Gasteiger partial charge in [0, 0.05) is 0 Å². The topological polar surface area (TPSA) is 26.3 Å². The van der Waals surface area contributed by atoms with Crippen molar-refractivity contribution in [2.24, 2.45) is 5.41 Å². The van der Waals surface area contributed by atoms with E-state index < -0.39 is 0 Å². The van der Waals surface area contributed by atoms with Gasteiger partial charge in [-0.3, -0.25) is 4.79 Å². The summed E-state index contributed by atoms with van der Waals surface area (Å²) in [5, 5.41) is 0. The third-order valence-corrected chi connectivity index (χ3v) is 6.91. The van der Waals surface area contributed by atoms with Crippen LogP contribution in [0.3, 0.4) is 0 Å². The van der Waals surface area contributed by atoms with Crippen LogP contribution < -0.4 is 0 Å². The highest BCUT2D eigenvalue weighted by molar-refractivity contribution is 5.76. The smallest absolute Gasteiger partial charge is 0.312 e. The molecule has 0 radical (unpaired) electrons. The van der Waals surface area contributed by atoms with Gasteiger partial charge in [-0.2, -0.15) is 0 Å². The Labute approximate surface area is 196 Å². The van der Waals surface area contributed by atoms with E-state index in [0.717, 1.165) is 32.1 Å². The van der Waals surface area contributed by atoms with E-state index in [1.54, 1.807) is 0 Å². The highest BCUT2D eigenvalue weighted by Crippen LogP contribution is 2.38. The van der Waals surface area contributed by atoms with E-state index in [1.165, 1.54) is 109 Å². The second kappa shape index (κ2) is 22.7. The van der Waals surface area contributed by atoms with Crippen LogP contribution in [0.4, 0.5) is 0 Å². The molecule has 0 fully saturated rings. The maximum Gasteiger partial charge on any atom is 0.312 e. The van der Waals surface area contributed by atoms with E-state index in [9.17, 15) is 4.79 Å². The van der Waals surface area contributed by atoms with Crippen LogP contribution in [0.1, 0.15) is 169 Å². The summed E-state index contributed by atoms with van der Waals surface area (Å²) in [7, 11) is 0. The molecular weight excluding hydrogens is 380 g/mol. The summed E-state index contributed by atoms with van der Waals surface area (Å²) in [6.45, 7) is 9.66. The molecule has 0 aliphatic carbocycles. The van der Waals surface area contributed by atoms with E-state index in [4.69, 9.17) is 4.74 Å². The molecule has 0 bridgehead atoms. The monoisotopic (exact) mass is 438 g/mol. The fourth-order valence-electron chi connectivity index (χ4n) is 4.85. The molecule has 0 saturated carbocycles. The lowest BCUT2D eigenvalue weighted by Crippen LogP contribution is -2.33. The zero-order valence-electron chi connectivity index (χ0n) is 22.1. The van der Waals surface area contributed by atoms with Gasteiger partial charge in [0.05, 0.1) is 12.0 Å². The van der Waals surface area contributed by atoms with Crippen molar-refractivity contribution in [3.63, 3.8) is 0 Å². The highest BCUT2D eigenvalue weighted by Gasteiger charge is 2.37. The van der Waals surface area contributed by atoms with Gasteiger partial charge >= 0.3 is 5.97 Å². The Morgan fingerprint density at radius 2 is 0.871 bits per heavy atom.